The molecular weight excluding hydrogens is 310 g/mol. The fourth-order valence-electron chi connectivity index (χ4n) is 2.47. The molecule has 0 saturated carbocycles. The van der Waals surface area contributed by atoms with E-state index >= 15 is 0 Å². The molecule has 0 saturated heterocycles. The van der Waals surface area contributed by atoms with E-state index in [2.05, 4.69) is 0 Å². The van der Waals surface area contributed by atoms with Crippen molar-refractivity contribution >= 4 is 5.97 Å². The molecule has 0 spiro atoms. The number of esters is 1. The molecule has 128 valence electrons. The minimum absolute atomic E-state index is 0.00744. The summed E-state index contributed by atoms with van der Waals surface area (Å²) in [5.74, 6) is -1.45. The molecule has 0 fully saturated rings. The average Bonchev–Trinajstić information content (AvgIpc) is 2.45. The number of benzene rings is 2. The number of carbonyl (C=O) groups excluding carboxylic acids is 1. The molecule has 2 nitrogen and oxygen atoms in total. The summed E-state index contributed by atoms with van der Waals surface area (Å²) in [6, 6.07) is 10.8. The van der Waals surface area contributed by atoms with Crippen LogP contribution in [0.15, 0.2) is 42.5 Å². The summed E-state index contributed by atoms with van der Waals surface area (Å²) >= 11 is 0. The minimum atomic E-state index is -0.598. The van der Waals surface area contributed by atoms with Crippen LogP contribution in [0.25, 0.3) is 11.1 Å². The zero-order valence-electron chi connectivity index (χ0n) is 14.4. The van der Waals surface area contributed by atoms with E-state index in [1.807, 2.05) is 39.8 Å². The molecule has 0 radical (unpaired) electrons. The molecule has 1 atom stereocenters. The van der Waals surface area contributed by atoms with Gasteiger partial charge in [0.15, 0.2) is 0 Å². The quantitative estimate of drug-likeness (QED) is 0.694. The lowest BCUT2D eigenvalue weighted by Gasteiger charge is -2.21. The topological polar surface area (TPSA) is 26.3 Å². The van der Waals surface area contributed by atoms with E-state index in [-0.39, 0.29) is 18.3 Å². The molecule has 4 heteroatoms. The van der Waals surface area contributed by atoms with Crippen molar-refractivity contribution in [1.82, 2.24) is 0 Å². The molecule has 0 aliphatic rings. The van der Waals surface area contributed by atoms with Crippen molar-refractivity contribution in [1.29, 1.82) is 0 Å². The van der Waals surface area contributed by atoms with Gasteiger partial charge < -0.3 is 4.74 Å². The predicted molar refractivity (Wildman–Crippen MR) is 90.7 cm³/mol. The van der Waals surface area contributed by atoms with E-state index in [1.165, 1.54) is 12.1 Å². The van der Waals surface area contributed by atoms with Gasteiger partial charge in [0.05, 0.1) is 6.42 Å². The Morgan fingerprint density at radius 3 is 2.25 bits per heavy atom. The van der Waals surface area contributed by atoms with Gasteiger partial charge in [-0.3, -0.25) is 4.79 Å². The Hall–Kier alpha value is -2.23. The molecular formula is C20H22F2O2. The van der Waals surface area contributed by atoms with Gasteiger partial charge >= 0.3 is 5.97 Å². The molecule has 0 aromatic heterocycles. The molecule has 24 heavy (non-hydrogen) atoms. The fraction of sp³-hybridized carbons (Fsp3) is 0.350. The van der Waals surface area contributed by atoms with Gasteiger partial charge in [-0.15, -0.1) is 0 Å². The number of hydrogen-bond acceptors (Lipinski definition) is 2. The van der Waals surface area contributed by atoms with Crippen LogP contribution in [0, 0.1) is 11.6 Å². The van der Waals surface area contributed by atoms with Crippen LogP contribution in [0.2, 0.25) is 0 Å². The molecule has 2 aromatic carbocycles. The molecule has 1 unspecified atom stereocenters. The van der Waals surface area contributed by atoms with Crippen LogP contribution < -0.4 is 0 Å². The lowest BCUT2D eigenvalue weighted by atomic mass is 9.95. The Kier molecular flexibility index (Phi) is 5.37. The van der Waals surface area contributed by atoms with Gasteiger partial charge in [0.2, 0.25) is 0 Å². The molecule has 0 bridgehead atoms. The first-order valence-electron chi connectivity index (χ1n) is 7.93. The zero-order valence-corrected chi connectivity index (χ0v) is 14.4. The first-order valence-corrected chi connectivity index (χ1v) is 7.93. The zero-order chi connectivity index (χ0) is 17.9. The van der Waals surface area contributed by atoms with Gasteiger partial charge in [0, 0.05) is 11.6 Å². The molecule has 0 heterocycles. The highest BCUT2D eigenvalue weighted by Gasteiger charge is 2.19. The standard InChI is InChI=1S/C20H22F2O2/c1-13(11-19(23)24-20(2,3)4)14-5-7-15(8-6-14)17-10-9-16(21)12-18(17)22/h5-10,12-13H,11H2,1-4H3. The van der Waals surface area contributed by atoms with E-state index in [9.17, 15) is 13.6 Å². The van der Waals surface area contributed by atoms with Crippen LogP contribution >= 0.6 is 0 Å². The smallest absolute Gasteiger partial charge is 0.306 e. The second kappa shape index (κ2) is 7.12. The summed E-state index contributed by atoms with van der Waals surface area (Å²) in [6.07, 6.45) is 0.279. The van der Waals surface area contributed by atoms with Gasteiger partial charge in [0.1, 0.15) is 17.2 Å². The van der Waals surface area contributed by atoms with Crippen LogP contribution in [0.1, 0.15) is 45.6 Å². The Morgan fingerprint density at radius 2 is 1.71 bits per heavy atom. The molecule has 0 aliphatic heterocycles. The van der Waals surface area contributed by atoms with Crippen molar-refractivity contribution in [3.05, 3.63) is 59.7 Å². The van der Waals surface area contributed by atoms with Gasteiger partial charge in [-0.2, -0.15) is 0 Å². The fourth-order valence-corrected chi connectivity index (χ4v) is 2.47. The van der Waals surface area contributed by atoms with Crippen molar-refractivity contribution in [2.24, 2.45) is 0 Å². The van der Waals surface area contributed by atoms with Crippen LogP contribution in [-0.4, -0.2) is 11.6 Å². The second-order valence-electron chi connectivity index (χ2n) is 6.94. The summed E-state index contributed by atoms with van der Waals surface area (Å²) < 4.78 is 32.1. The number of carbonyl (C=O) groups is 1. The Morgan fingerprint density at radius 1 is 1.08 bits per heavy atom. The van der Waals surface area contributed by atoms with Gasteiger partial charge in [-0.25, -0.2) is 8.78 Å². The summed E-state index contributed by atoms with van der Waals surface area (Å²) in [5.41, 5.74) is 1.48. The normalized spacial score (nSPS) is 12.8. The number of halogens is 2. The predicted octanol–water partition coefficient (Wildman–Crippen LogP) is 5.47. The molecule has 2 rings (SSSR count). The third kappa shape index (κ3) is 4.88. The summed E-state index contributed by atoms with van der Waals surface area (Å²) in [7, 11) is 0. The van der Waals surface area contributed by atoms with Crippen LogP contribution in [0.5, 0.6) is 0 Å². The number of rotatable bonds is 4. The van der Waals surface area contributed by atoms with Crippen molar-refractivity contribution in [3.8, 4) is 11.1 Å². The van der Waals surface area contributed by atoms with Crippen molar-refractivity contribution in [2.45, 2.75) is 45.6 Å². The van der Waals surface area contributed by atoms with E-state index in [0.717, 1.165) is 11.6 Å². The highest BCUT2D eigenvalue weighted by Crippen LogP contribution is 2.27. The number of ether oxygens (including phenoxy) is 1. The van der Waals surface area contributed by atoms with Crippen molar-refractivity contribution in [2.75, 3.05) is 0 Å². The van der Waals surface area contributed by atoms with Gasteiger partial charge in [0.25, 0.3) is 0 Å². The van der Waals surface area contributed by atoms with E-state index in [4.69, 9.17) is 4.74 Å². The summed E-state index contributed by atoms with van der Waals surface area (Å²) in [5, 5.41) is 0. The van der Waals surface area contributed by atoms with Crippen molar-refractivity contribution in [3.63, 3.8) is 0 Å². The summed E-state index contributed by atoms with van der Waals surface area (Å²) in [4.78, 5) is 11.9. The maximum Gasteiger partial charge on any atom is 0.306 e. The Balaban J connectivity index is 2.10. The molecule has 0 aliphatic carbocycles. The molecule has 2 aromatic rings. The maximum atomic E-state index is 13.8. The first-order chi connectivity index (χ1) is 11.2. The number of hydrogen-bond donors (Lipinski definition) is 0. The third-order valence-electron chi connectivity index (χ3n) is 3.61. The van der Waals surface area contributed by atoms with Crippen molar-refractivity contribution < 1.29 is 18.3 Å². The van der Waals surface area contributed by atoms with Crippen LogP contribution in [-0.2, 0) is 9.53 Å². The van der Waals surface area contributed by atoms with E-state index < -0.39 is 17.2 Å². The van der Waals surface area contributed by atoms with Gasteiger partial charge in [-0.1, -0.05) is 31.2 Å². The molecule has 0 N–H and O–H groups in total. The Bertz CT molecular complexity index is 715. The largest absolute Gasteiger partial charge is 0.460 e. The van der Waals surface area contributed by atoms with Gasteiger partial charge in [-0.05, 0) is 49.9 Å². The monoisotopic (exact) mass is 332 g/mol. The third-order valence-corrected chi connectivity index (χ3v) is 3.61. The maximum absolute atomic E-state index is 13.8. The van der Waals surface area contributed by atoms with Crippen LogP contribution in [0.3, 0.4) is 0 Å². The lowest BCUT2D eigenvalue weighted by molar-refractivity contribution is -0.155. The van der Waals surface area contributed by atoms with E-state index in [0.29, 0.717) is 11.1 Å². The minimum Gasteiger partial charge on any atom is -0.460 e. The highest BCUT2D eigenvalue weighted by atomic mass is 19.1. The second-order valence-corrected chi connectivity index (χ2v) is 6.94. The highest BCUT2D eigenvalue weighted by molar-refractivity contribution is 5.71. The SMILES string of the molecule is CC(CC(=O)OC(C)(C)C)c1ccc(-c2ccc(F)cc2F)cc1. The lowest BCUT2D eigenvalue weighted by Crippen LogP contribution is -2.24. The summed E-state index contributed by atoms with van der Waals surface area (Å²) in [6.45, 7) is 7.45. The Labute approximate surface area is 141 Å². The first kappa shape index (κ1) is 18.1. The van der Waals surface area contributed by atoms with Crippen LogP contribution in [0.4, 0.5) is 8.78 Å². The van der Waals surface area contributed by atoms with E-state index in [1.54, 1.807) is 12.1 Å². The average molecular weight is 332 g/mol. The molecule has 0 amide bonds.